The molecule has 4 nitrogen and oxygen atoms in total. The number of carbonyl (C=O) groups is 1. The lowest BCUT2D eigenvalue weighted by Crippen LogP contribution is -2.39. The number of nitrogens with zero attached hydrogens (tertiary/aromatic N) is 1. The largest absolute Gasteiger partial charge is 0.444 e. The lowest BCUT2D eigenvalue weighted by atomic mass is 9.92. The highest BCUT2D eigenvalue weighted by Crippen LogP contribution is 2.28. The van der Waals surface area contributed by atoms with Crippen molar-refractivity contribution < 1.29 is 9.53 Å². The molecule has 0 atom stereocenters. The second-order valence-corrected chi connectivity index (χ2v) is 8.32. The molecule has 0 saturated heterocycles. The summed E-state index contributed by atoms with van der Waals surface area (Å²) in [6.45, 7) is 15.3. The number of rotatable bonds is 7. The Kier molecular flexibility index (Phi) is 6.51. The molecule has 4 heteroatoms. The molecule has 0 heterocycles. The molecule has 21 heavy (non-hydrogen) atoms. The lowest BCUT2D eigenvalue weighted by Gasteiger charge is -2.27. The van der Waals surface area contributed by atoms with Crippen LogP contribution in [0.15, 0.2) is 0 Å². The van der Waals surface area contributed by atoms with Crippen LogP contribution in [0.4, 0.5) is 4.79 Å². The standard InChI is InChI=1S/C17H34N2O2/c1-16(2,3)10-12-18-11-7-13-19(14-8-9-14)15(20)21-17(4,5)6/h14,18H,7-13H2,1-6H3. The first kappa shape index (κ1) is 18.3. The fourth-order valence-electron chi connectivity index (χ4n) is 2.09. The number of hydrogen-bond donors (Lipinski definition) is 1. The fraction of sp³-hybridized carbons (Fsp3) is 0.941. The second-order valence-electron chi connectivity index (χ2n) is 8.32. The summed E-state index contributed by atoms with van der Waals surface area (Å²) in [6, 6.07) is 0.412. The van der Waals surface area contributed by atoms with Gasteiger partial charge in [-0.1, -0.05) is 20.8 Å². The highest BCUT2D eigenvalue weighted by atomic mass is 16.6. The van der Waals surface area contributed by atoms with Gasteiger partial charge >= 0.3 is 6.09 Å². The Morgan fingerprint density at radius 2 is 1.76 bits per heavy atom. The van der Waals surface area contributed by atoms with Crippen LogP contribution in [-0.4, -0.2) is 42.3 Å². The molecule has 1 amide bonds. The number of nitrogens with one attached hydrogen (secondary N) is 1. The van der Waals surface area contributed by atoms with Crippen molar-refractivity contribution in [2.45, 2.75) is 78.9 Å². The number of hydrogen-bond acceptors (Lipinski definition) is 3. The molecule has 1 aliphatic rings. The van der Waals surface area contributed by atoms with E-state index < -0.39 is 5.60 Å². The Bertz CT molecular complexity index is 325. The van der Waals surface area contributed by atoms with E-state index >= 15 is 0 Å². The highest BCUT2D eigenvalue weighted by Gasteiger charge is 2.34. The van der Waals surface area contributed by atoms with Crippen LogP contribution in [0.25, 0.3) is 0 Å². The minimum atomic E-state index is -0.408. The Labute approximate surface area is 130 Å². The van der Waals surface area contributed by atoms with Gasteiger partial charge in [-0.25, -0.2) is 4.79 Å². The molecule has 0 spiro atoms. The van der Waals surface area contributed by atoms with Crippen LogP contribution in [0.5, 0.6) is 0 Å². The second kappa shape index (κ2) is 7.48. The highest BCUT2D eigenvalue weighted by molar-refractivity contribution is 5.69. The van der Waals surface area contributed by atoms with Crippen molar-refractivity contribution in [1.82, 2.24) is 10.2 Å². The lowest BCUT2D eigenvalue weighted by molar-refractivity contribution is 0.0232. The Hall–Kier alpha value is -0.770. The van der Waals surface area contributed by atoms with E-state index in [2.05, 4.69) is 26.1 Å². The normalized spacial score (nSPS) is 15.9. The maximum Gasteiger partial charge on any atom is 0.410 e. The van der Waals surface area contributed by atoms with Crippen LogP contribution in [0.2, 0.25) is 0 Å². The molecular formula is C17H34N2O2. The van der Waals surface area contributed by atoms with Crippen molar-refractivity contribution in [2.24, 2.45) is 5.41 Å². The summed E-state index contributed by atoms with van der Waals surface area (Å²) in [6.07, 6.45) is 4.25. The molecule has 1 rings (SSSR count). The van der Waals surface area contributed by atoms with E-state index in [4.69, 9.17) is 4.74 Å². The molecule has 0 unspecified atom stereocenters. The van der Waals surface area contributed by atoms with E-state index in [0.29, 0.717) is 11.5 Å². The third kappa shape index (κ3) is 8.97. The minimum Gasteiger partial charge on any atom is -0.444 e. The maximum atomic E-state index is 12.2. The van der Waals surface area contributed by atoms with Gasteiger partial charge in [0.2, 0.25) is 0 Å². The first-order valence-electron chi connectivity index (χ1n) is 8.29. The SMILES string of the molecule is CC(C)(C)CCNCCCN(C(=O)OC(C)(C)C)C1CC1. The maximum absolute atomic E-state index is 12.2. The zero-order valence-electron chi connectivity index (χ0n) is 14.8. The summed E-state index contributed by atoms with van der Waals surface area (Å²) in [5.41, 5.74) is -0.0290. The van der Waals surface area contributed by atoms with Gasteiger partial charge in [0.25, 0.3) is 0 Å². The fourth-order valence-corrected chi connectivity index (χ4v) is 2.09. The first-order valence-corrected chi connectivity index (χ1v) is 8.29. The van der Waals surface area contributed by atoms with Gasteiger partial charge in [0.15, 0.2) is 0 Å². The van der Waals surface area contributed by atoms with Gasteiger partial charge < -0.3 is 15.0 Å². The predicted molar refractivity (Wildman–Crippen MR) is 87.5 cm³/mol. The molecule has 0 bridgehead atoms. The summed E-state index contributed by atoms with van der Waals surface area (Å²) in [7, 11) is 0. The quantitative estimate of drug-likeness (QED) is 0.727. The third-order valence-corrected chi connectivity index (χ3v) is 3.42. The van der Waals surface area contributed by atoms with Crippen LogP contribution in [0.1, 0.15) is 67.2 Å². The summed E-state index contributed by atoms with van der Waals surface area (Å²) in [5.74, 6) is 0. The zero-order valence-corrected chi connectivity index (χ0v) is 14.8. The third-order valence-electron chi connectivity index (χ3n) is 3.42. The van der Waals surface area contributed by atoms with E-state index in [1.165, 1.54) is 6.42 Å². The first-order chi connectivity index (χ1) is 9.58. The van der Waals surface area contributed by atoms with Crippen LogP contribution < -0.4 is 5.32 Å². The van der Waals surface area contributed by atoms with Crippen LogP contribution in [0, 0.1) is 5.41 Å². The van der Waals surface area contributed by atoms with Gasteiger partial charge in [0.1, 0.15) is 5.60 Å². The van der Waals surface area contributed by atoms with Gasteiger partial charge in [0, 0.05) is 12.6 Å². The van der Waals surface area contributed by atoms with E-state index in [-0.39, 0.29) is 6.09 Å². The summed E-state index contributed by atoms with van der Waals surface area (Å²) < 4.78 is 5.49. The number of ether oxygens (including phenoxy) is 1. The molecule has 1 N–H and O–H groups in total. The van der Waals surface area contributed by atoms with Gasteiger partial charge in [-0.05, 0) is 65.0 Å². The predicted octanol–water partition coefficient (Wildman–Crippen LogP) is 3.80. The average Bonchev–Trinajstić information content (AvgIpc) is 3.07. The molecule has 1 saturated carbocycles. The van der Waals surface area contributed by atoms with Crippen molar-refractivity contribution in [3.05, 3.63) is 0 Å². The summed E-state index contributed by atoms with van der Waals surface area (Å²) in [4.78, 5) is 14.1. The smallest absolute Gasteiger partial charge is 0.410 e. The van der Waals surface area contributed by atoms with Crippen molar-refractivity contribution in [3.8, 4) is 0 Å². The van der Waals surface area contributed by atoms with Gasteiger partial charge in [-0.3, -0.25) is 0 Å². The van der Waals surface area contributed by atoms with E-state index in [9.17, 15) is 4.79 Å². The molecule has 1 fully saturated rings. The van der Waals surface area contributed by atoms with Gasteiger partial charge in [0.05, 0.1) is 0 Å². The van der Waals surface area contributed by atoms with Crippen molar-refractivity contribution in [3.63, 3.8) is 0 Å². The zero-order chi connectivity index (χ0) is 16.1. The molecule has 0 aromatic heterocycles. The molecule has 1 aliphatic carbocycles. The molecule has 0 radical (unpaired) electrons. The Balaban J connectivity index is 2.22. The van der Waals surface area contributed by atoms with Gasteiger partial charge in [-0.15, -0.1) is 0 Å². The minimum absolute atomic E-state index is 0.153. The van der Waals surface area contributed by atoms with Crippen LogP contribution in [0.3, 0.4) is 0 Å². The molecule has 124 valence electrons. The van der Waals surface area contributed by atoms with E-state index in [0.717, 1.165) is 38.9 Å². The van der Waals surface area contributed by atoms with E-state index in [1.54, 1.807) is 0 Å². The summed E-state index contributed by atoms with van der Waals surface area (Å²) >= 11 is 0. The monoisotopic (exact) mass is 298 g/mol. The summed E-state index contributed by atoms with van der Waals surface area (Å²) in [5, 5.41) is 3.47. The average molecular weight is 298 g/mol. The number of carbonyl (C=O) groups excluding carboxylic acids is 1. The van der Waals surface area contributed by atoms with Crippen molar-refractivity contribution in [2.75, 3.05) is 19.6 Å². The Morgan fingerprint density at radius 3 is 2.24 bits per heavy atom. The van der Waals surface area contributed by atoms with Crippen molar-refractivity contribution >= 4 is 6.09 Å². The van der Waals surface area contributed by atoms with Crippen LogP contribution >= 0.6 is 0 Å². The topological polar surface area (TPSA) is 41.6 Å². The molecule has 0 aromatic rings. The van der Waals surface area contributed by atoms with E-state index in [1.807, 2.05) is 25.7 Å². The molecule has 0 aliphatic heterocycles. The van der Waals surface area contributed by atoms with Crippen LogP contribution in [-0.2, 0) is 4.74 Å². The van der Waals surface area contributed by atoms with Crippen molar-refractivity contribution in [1.29, 1.82) is 0 Å². The Morgan fingerprint density at radius 1 is 1.14 bits per heavy atom. The van der Waals surface area contributed by atoms with Gasteiger partial charge in [-0.2, -0.15) is 0 Å². The molecular weight excluding hydrogens is 264 g/mol. The molecule has 0 aromatic carbocycles. The number of amides is 1.